The van der Waals surface area contributed by atoms with Crippen LogP contribution in [0.15, 0.2) is 12.1 Å². The minimum absolute atomic E-state index is 0.227. The number of amides is 1. The Labute approximate surface area is 101 Å². The summed E-state index contributed by atoms with van der Waals surface area (Å²) in [5.41, 5.74) is 4.26. The van der Waals surface area contributed by atoms with E-state index in [1.54, 1.807) is 0 Å². The van der Waals surface area contributed by atoms with Crippen molar-refractivity contribution in [1.82, 2.24) is 5.32 Å². The normalized spacial score (nSPS) is 10.1. The summed E-state index contributed by atoms with van der Waals surface area (Å²) in [6, 6.07) is 4.04. The Bertz CT molecular complexity index is 429. The fourth-order valence-electron chi connectivity index (χ4n) is 1.89. The molecular formula is C13H17NO3. The zero-order valence-electron chi connectivity index (χ0n) is 10.3. The first-order valence-electron chi connectivity index (χ1n) is 5.45. The summed E-state index contributed by atoms with van der Waals surface area (Å²) < 4.78 is 0. The number of hydrogen-bond donors (Lipinski definition) is 2. The van der Waals surface area contributed by atoms with Crippen LogP contribution in [-0.4, -0.2) is 23.5 Å². The van der Waals surface area contributed by atoms with E-state index in [0.29, 0.717) is 0 Å². The van der Waals surface area contributed by atoms with Gasteiger partial charge < -0.3 is 10.4 Å². The smallest absolute Gasteiger partial charge is 0.322 e. The standard InChI is InChI=1S/C13H17NO3/c1-8-4-9(2)11(10(3)5-8)6-12(15)14-7-13(16)17/h4-5H,6-7H2,1-3H3,(H,14,15)(H,16,17). The zero-order valence-corrected chi connectivity index (χ0v) is 10.3. The molecule has 17 heavy (non-hydrogen) atoms. The van der Waals surface area contributed by atoms with Crippen molar-refractivity contribution in [3.05, 3.63) is 34.4 Å². The fraction of sp³-hybridized carbons (Fsp3) is 0.385. The van der Waals surface area contributed by atoms with Gasteiger partial charge in [0, 0.05) is 0 Å². The predicted molar refractivity (Wildman–Crippen MR) is 65.0 cm³/mol. The quantitative estimate of drug-likeness (QED) is 0.828. The first-order chi connectivity index (χ1) is 7.90. The maximum Gasteiger partial charge on any atom is 0.322 e. The van der Waals surface area contributed by atoms with Crippen LogP contribution in [-0.2, 0) is 16.0 Å². The number of aliphatic carboxylic acids is 1. The number of carbonyl (C=O) groups is 2. The summed E-state index contributed by atoms with van der Waals surface area (Å²) in [6.45, 7) is 5.59. The van der Waals surface area contributed by atoms with Gasteiger partial charge in [0.15, 0.2) is 0 Å². The Morgan fingerprint density at radius 1 is 1.18 bits per heavy atom. The second kappa shape index (κ2) is 5.48. The van der Waals surface area contributed by atoms with Gasteiger partial charge in [-0.15, -0.1) is 0 Å². The molecule has 0 heterocycles. The fourth-order valence-corrected chi connectivity index (χ4v) is 1.89. The maximum absolute atomic E-state index is 11.5. The molecule has 0 aliphatic heterocycles. The van der Waals surface area contributed by atoms with Gasteiger partial charge in [0.05, 0.1) is 6.42 Å². The van der Waals surface area contributed by atoms with Crippen LogP contribution in [0.4, 0.5) is 0 Å². The van der Waals surface area contributed by atoms with Crippen LogP contribution in [0.3, 0.4) is 0 Å². The van der Waals surface area contributed by atoms with E-state index in [1.165, 1.54) is 0 Å². The Hall–Kier alpha value is -1.84. The molecule has 0 saturated carbocycles. The van der Waals surface area contributed by atoms with E-state index in [2.05, 4.69) is 5.32 Å². The van der Waals surface area contributed by atoms with Crippen molar-refractivity contribution in [2.45, 2.75) is 27.2 Å². The van der Waals surface area contributed by atoms with Gasteiger partial charge in [-0.3, -0.25) is 9.59 Å². The molecular weight excluding hydrogens is 218 g/mol. The molecule has 0 bridgehead atoms. The Balaban J connectivity index is 2.75. The van der Waals surface area contributed by atoms with Crippen molar-refractivity contribution >= 4 is 11.9 Å². The molecule has 1 rings (SSSR count). The van der Waals surface area contributed by atoms with Gasteiger partial charge in [0.1, 0.15) is 6.54 Å². The maximum atomic E-state index is 11.5. The van der Waals surface area contributed by atoms with Crippen LogP contribution in [0.1, 0.15) is 22.3 Å². The van der Waals surface area contributed by atoms with Gasteiger partial charge in [-0.25, -0.2) is 0 Å². The second-order valence-corrected chi connectivity index (χ2v) is 4.22. The monoisotopic (exact) mass is 235 g/mol. The van der Waals surface area contributed by atoms with Gasteiger partial charge in [0.2, 0.25) is 5.91 Å². The molecule has 1 aromatic rings. The lowest BCUT2D eigenvalue weighted by Crippen LogP contribution is -2.30. The number of hydrogen-bond acceptors (Lipinski definition) is 2. The van der Waals surface area contributed by atoms with Crippen molar-refractivity contribution < 1.29 is 14.7 Å². The van der Waals surface area contributed by atoms with Crippen molar-refractivity contribution in [2.75, 3.05) is 6.54 Å². The number of benzene rings is 1. The van der Waals surface area contributed by atoms with Crippen molar-refractivity contribution in [3.63, 3.8) is 0 Å². The summed E-state index contributed by atoms with van der Waals surface area (Å²) in [4.78, 5) is 21.9. The third kappa shape index (κ3) is 3.90. The van der Waals surface area contributed by atoms with Crippen molar-refractivity contribution in [2.24, 2.45) is 0 Å². The van der Waals surface area contributed by atoms with Crippen molar-refractivity contribution in [3.8, 4) is 0 Å². The number of rotatable bonds is 4. The van der Waals surface area contributed by atoms with Crippen LogP contribution in [0, 0.1) is 20.8 Å². The zero-order chi connectivity index (χ0) is 13.0. The minimum atomic E-state index is -1.03. The van der Waals surface area contributed by atoms with E-state index in [1.807, 2.05) is 32.9 Å². The number of carbonyl (C=O) groups excluding carboxylic acids is 1. The van der Waals surface area contributed by atoms with Gasteiger partial charge in [-0.2, -0.15) is 0 Å². The minimum Gasteiger partial charge on any atom is -0.480 e. The predicted octanol–water partition coefficient (Wildman–Crippen LogP) is 1.36. The highest BCUT2D eigenvalue weighted by molar-refractivity contribution is 5.83. The highest BCUT2D eigenvalue weighted by Crippen LogP contribution is 2.16. The Morgan fingerprint density at radius 2 is 1.71 bits per heavy atom. The largest absolute Gasteiger partial charge is 0.480 e. The molecule has 0 fully saturated rings. The first kappa shape index (κ1) is 13.2. The molecule has 4 nitrogen and oxygen atoms in total. The molecule has 0 saturated heterocycles. The summed E-state index contributed by atoms with van der Waals surface area (Å²) in [5, 5.41) is 10.8. The lowest BCUT2D eigenvalue weighted by Gasteiger charge is -2.10. The molecule has 92 valence electrons. The molecule has 0 atom stereocenters. The third-order valence-corrected chi connectivity index (χ3v) is 2.61. The topological polar surface area (TPSA) is 66.4 Å². The Kier molecular flexibility index (Phi) is 4.26. The van der Waals surface area contributed by atoms with E-state index >= 15 is 0 Å². The molecule has 1 aromatic carbocycles. The summed E-state index contributed by atoms with van der Waals surface area (Å²) in [6.07, 6.45) is 0.227. The van der Waals surface area contributed by atoms with Crippen LogP contribution in [0.5, 0.6) is 0 Å². The molecule has 1 amide bonds. The van der Waals surface area contributed by atoms with E-state index < -0.39 is 5.97 Å². The average Bonchev–Trinajstić information content (AvgIpc) is 2.20. The molecule has 2 N–H and O–H groups in total. The third-order valence-electron chi connectivity index (χ3n) is 2.61. The molecule has 0 aliphatic rings. The highest BCUT2D eigenvalue weighted by Gasteiger charge is 2.10. The van der Waals surface area contributed by atoms with Crippen LogP contribution < -0.4 is 5.32 Å². The molecule has 0 aliphatic carbocycles. The van der Waals surface area contributed by atoms with E-state index in [4.69, 9.17) is 5.11 Å². The molecule has 0 spiro atoms. The van der Waals surface area contributed by atoms with Crippen molar-refractivity contribution in [1.29, 1.82) is 0 Å². The average molecular weight is 235 g/mol. The lowest BCUT2D eigenvalue weighted by atomic mass is 9.97. The van der Waals surface area contributed by atoms with Crippen LogP contribution in [0.2, 0.25) is 0 Å². The van der Waals surface area contributed by atoms with Gasteiger partial charge in [-0.05, 0) is 37.5 Å². The van der Waals surface area contributed by atoms with Crippen LogP contribution in [0.25, 0.3) is 0 Å². The number of carboxylic acid groups (broad SMARTS) is 1. The Morgan fingerprint density at radius 3 is 2.18 bits per heavy atom. The highest BCUT2D eigenvalue weighted by atomic mass is 16.4. The van der Waals surface area contributed by atoms with Gasteiger partial charge in [0.25, 0.3) is 0 Å². The molecule has 0 aromatic heterocycles. The molecule has 0 unspecified atom stereocenters. The second-order valence-electron chi connectivity index (χ2n) is 4.22. The SMILES string of the molecule is Cc1cc(C)c(CC(=O)NCC(=O)O)c(C)c1. The van der Waals surface area contributed by atoms with Crippen LogP contribution >= 0.6 is 0 Å². The lowest BCUT2D eigenvalue weighted by molar-refractivity contribution is -0.137. The molecule has 0 radical (unpaired) electrons. The van der Waals surface area contributed by atoms with E-state index in [0.717, 1.165) is 22.3 Å². The number of carboxylic acids is 1. The summed E-state index contributed by atoms with van der Waals surface area (Å²) in [7, 11) is 0. The molecule has 4 heteroatoms. The van der Waals surface area contributed by atoms with Gasteiger partial charge in [-0.1, -0.05) is 17.7 Å². The van der Waals surface area contributed by atoms with E-state index in [-0.39, 0.29) is 18.9 Å². The number of nitrogens with one attached hydrogen (secondary N) is 1. The first-order valence-corrected chi connectivity index (χ1v) is 5.45. The van der Waals surface area contributed by atoms with Gasteiger partial charge >= 0.3 is 5.97 Å². The van der Waals surface area contributed by atoms with E-state index in [9.17, 15) is 9.59 Å². The number of aryl methyl sites for hydroxylation is 3. The summed E-state index contributed by atoms with van der Waals surface area (Å²) in [5.74, 6) is -1.29. The summed E-state index contributed by atoms with van der Waals surface area (Å²) >= 11 is 0.